The second-order valence-corrected chi connectivity index (χ2v) is 6.50. The van der Waals surface area contributed by atoms with Crippen molar-refractivity contribution < 1.29 is 14.0 Å². The van der Waals surface area contributed by atoms with Gasteiger partial charge in [0.25, 0.3) is 0 Å². The molecule has 0 saturated carbocycles. The summed E-state index contributed by atoms with van der Waals surface area (Å²) in [5.41, 5.74) is 7.77. The van der Waals surface area contributed by atoms with Crippen LogP contribution in [0, 0.1) is 5.82 Å². The van der Waals surface area contributed by atoms with E-state index in [1.54, 1.807) is 17.0 Å². The van der Waals surface area contributed by atoms with E-state index in [9.17, 15) is 14.0 Å². The Morgan fingerprint density at radius 2 is 1.78 bits per heavy atom. The largest absolute Gasteiger partial charge is 0.335 e. The molecule has 3 rings (SSSR count). The van der Waals surface area contributed by atoms with Crippen molar-refractivity contribution in [3.05, 3.63) is 71.5 Å². The molecule has 1 heterocycles. The van der Waals surface area contributed by atoms with Crippen molar-refractivity contribution in [2.75, 3.05) is 19.6 Å². The van der Waals surface area contributed by atoms with E-state index < -0.39 is 6.04 Å². The van der Waals surface area contributed by atoms with Crippen LogP contribution in [0.5, 0.6) is 0 Å². The maximum atomic E-state index is 13.3. The molecule has 0 aliphatic carbocycles. The first-order chi connectivity index (χ1) is 12.5. The zero-order chi connectivity index (χ0) is 18.5. The molecule has 1 atom stereocenters. The van der Waals surface area contributed by atoms with E-state index >= 15 is 0 Å². The fourth-order valence-corrected chi connectivity index (χ4v) is 3.11. The number of halogens is 2. The normalized spacial score (nSPS) is 15.3. The third-order valence-electron chi connectivity index (χ3n) is 4.51. The minimum absolute atomic E-state index is 0. The topological polar surface area (TPSA) is 66.6 Å². The molecular formula is C20H23ClFN3O2. The van der Waals surface area contributed by atoms with Crippen molar-refractivity contribution in [3.8, 4) is 0 Å². The first-order valence-electron chi connectivity index (χ1n) is 8.63. The number of nitrogens with zero attached hydrogens (tertiary/aromatic N) is 2. The van der Waals surface area contributed by atoms with Crippen LogP contribution in [-0.4, -0.2) is 47.3 Å². The highest BCUT2D eigenvalue weighted by Gasteiger charge is 2.29. The van der Waals surface area contributed by atoms with Gasteiger partial charge < -0.3 is 15.5 Å². The van der Waals surface area contributed by atoms with Gasteiger partial charge in [-0.3, -0.25) is 9.59 Å². The summed E-state index contributed by atoms with van der Waals surface area (Å²) in [6.45, 7) is 1.20. The first-order valence-corrected chi connectivity index (χ1v) is 8.63. The number of carbonyl (C=O) groups is 2. The quantitative estimate of drug-likeness (QED) is 0.847. The SMILES string of the molecule is Cl.N[C@@H](Cc1ccccc1)C(=O)N1CCN(Cc2cccc(F)c2)C(=O)C1. The zero-order valence-electron chi connectivity index (χ0n) is 14.9. The molecule has 2 amide bonds. The van der Waals surface area contributed by atoms with Gasteiger partial charge in [-0.15, -0.1) is 12.4 Å². The van der Waals surface area contributed by atoms with Crippen LogP contribution in [0.3, 0.4) is 0 Å². The Kier molecular flexibility index (Phi) is 7.33. The highest BCUT2D eigenvalue weighted by Crippen LogP contribution is 2.12. The number of nitrogens with two attached hydrogens (primary N) is 1. The van der Waals surface area contributed by atoms with E-state index in [0.717, 1.165) is 11.1 Å². The molecule has 5 nitrogen and oxygen atoms in total. The monoisotopic (exact) mass is 391 g/mol. The lowest BCUT2D eigenvalue weighted by molar-refractivity contribution is -0.146. The molecule has 0 bridgehead atoms. The maximum Gasteiger partial charge on any atom is 0.242 e. The Hall–Kier alpha value is -2.44. The van der Waals surface area contributed by atoms with Crippen molar-refractivity contribution >= 4 is 24.2 Å². The average molecular weight is 392 g/mol. The number of hydrogen-bond acceptors (Lipinski definition) is 3. The Morgan fingerprint density at radius 3 is 2.44 bits per heavy atom. The summed E-state index contributed by atoms with van der Waals surface area (Å²) in [6, 6.07) is 15.1. The third kappa shape index (κ3) is 5.52. The van der Waals surface area contributed by atoms with Gasteiger partial charge in [0.2, 0.25) is 11.8 Å². The standard InChI is InChI=1S/C20H22FN3O2.ClH/c21-17-8-4-7-16(11-17)13-23-9-10-24(14-19(23)25)20(26)18(22)12-15-5-2-1-3-6-15;/h1-8,11,18H,9-10,12-14,22H2;1H/t18-;/m0./s1. The molecule has 27 heavy (non-hydrogen) atoms. The van der Waals surface area contributed by atoms with E-state index in [0.29, 0.717) is 26.1 Å². The van der Waals surface area contributed by atoms with Crippen molar-refractivity contribution in [1.82, 2.24) is 9.80 Å². The van der Waals surface area contributed by atoms with Gasteiger partial charge in [-0.2, -0.15) is 0 Å². The van der Waals surface area contributed by atoms with Gasteiger partial charge in [-0.05, 0) is 29.7 Å². The van der Waals surface area contributed by atoms with Gasteiger partial charge in [0, 0.05) is 19.6 Å². The number of carbonyl (C=O) groups excluding carboxylic acids is 2. The number of piperazine rings is 1. The summed E-state index contributed by atoms with van der Waals surface area (Å²) < 4.78 is 13.3. The lowest BCUT2D eigenvalue weighted by atomic mass is 10.1. The summed E-state index contributed by atoms with van der Waals surface area (Å²) in [7, 11) is 0. The summed E-state index contributed by atoms with van der Waals surface area (Å²) in [5.74, 6) is -0.691. The summed E-state index contributed by atoms with van der Waals surface area (Å²) in [4.78, 5) is 28.1. The Balaban J connectivity index is 0.00000261. The molecule has 1 aliphatic heterocycles. The lowest BCUT2D eigenvalue weighted by Crippen LogP contribution is -2.55. The minimum Gasteiger partial charge on any atom is -0.335 e. The minimum atomic E-state index is -0.667. The fourth-order valence-electron chi connectivity index (χ4n) is 3.11. The van der Waals surface area contributed by atoms with Crippen LogP contribution >= 0.6 is 12.4 Å². The fraction of sp³-hybridized carbons (Fsp3) is 0.300. The predicted molar refractivity (Wildman–Crippen MR) is 104 cm³/mol. The van der Waals surface area contributed by atoms with Gasteiger partial charge in [0.05, 0.1) is 12.6 Å². The van der Waals surface area contributed by atoms with E-state index in [2.05, 4.69) is 0 Å². The molecule has 2 N–H and O–H groups in total. The van der Waals surface area contributed by atoms with E-state index in [1.165, 1.54) is 17.0 Å². The first kappa shape index (κ1) is 20.9. The van der Waals surface area contributed by atoms with E-state index in [-0.39, 0.29) is 36.6 Å². The second-order valence-electron chi connectivity index (χ2n) is 6.50. The Morgan fingerprint density at radius 1 is 1.07 bits per heavy atom. The van der Waals surface area contributed by atoms with Crippen molar-refractivity contribution in [1.29, 1.82) is 0 Å². The number of benzene rings is 2. The van der Waals surface area contributed by atoms with Gasteiger partial charge in [-0.1, -0.05) is 42.5 Å². The molecule has 1 fully saturated rings. The number of hydrogen-bond donors (Lipinski definition) is 1. The Labute approximate surface area is 164 Å². The molecule has 2 aromatic carbocycles. The van der Waals surface area contributed by atoms with Crippen LogP contribution in [0.25, 0.3) is 0 Å². The molecule has 1 saturated heterocycles. The predicted octanol–water partition coefficient (Wildman–Crippen LogP) is 1.99. The molecule has 7 heteroatoms. The molecule has 0 spiro atoms. The highest BCUT2D eigenvalue weighted by molar-refractivity contribution is 5.88. The molecule has 0 aromatic heterocycles. The van der Waals surface area contributed by atoms with Crippen molar-refractivity contribution in [2.45, 2.75) is 19.0 Å². The van der Waals surface area contributed by atoms with Crippen LogP contribution in [0.4, 0.5) is 4.39 Å². The van der Waals surface area contributed by atoms with Crippen molar-refractivity contribution in [2.24, 2.45) is 5.73 Å². The molecule has 144 valence electrons. The summed E-state index contributed by atoms with van der Waals surface area (Å²) >= 11 is 0. The van der Waals surface area contributed by atoms with Gasteiger partial charge in [-0.25, -0.2) is 4.39 Å². The summed E-state index contributed by atoms with van der Waals surface area (Å²) in [6.07, 6.45) is 0.442. The number of rotatable bonds is 5. The van der Waals surface area contributed by atoms with E-state index in [1.807, 2.05) is 30.3 Å². The van der Waals surface area contributed by atoms with Gasteiger partial charge in [0.15, 0.2) is 0 Å². The molecule has 2 aromatic rings. The Bertz CT molecular complexity index is 788. The number of amides is 2. The van der Waals surface area contributed by atoms with Crippen LogP contribution < -0.4 is 5.73 Å². The third-order valence-corrected chi connectivity index (χ3v) is 4.51. The zero-order valence-corrected chi connectivity index (χ0v) is 15.7. The second kappa shape index (κ2) is 9.48. The smallest absolute Gasteiger partial charge is 0.242 e. The molecule has 0 unspecified atom stereocenters. The summed E-state index contributed by atoms with van der Waals surface area (Å²) in [5, 5.41) is 0. The lowest BCUT2D eigenvalue weighted by Gasteiger charge is -2.35. The van der Waals surface area contributed by atoms with Gasteiger partial charge >= 0.3 is 0 Å². The van der Waals surface area contributed by atoms with Gasteiger partial charge in [0.1, 0.15) is 5.82 Å². The van der Waals surface area contributed by atoms with Crippen LogP contribution in [0.15, 0.2) is 54.6 Å². The molecular weight excluding hydrogens is 369 g/mol. The molecule has 1 aliphatic rings. The highest BCUT2D eigenvalue weighted by atomic mass is 35.5. The molecule has 0 radical (unpaired) electrons. The van der Waals surface area contributed by atoms with Crippen LogP contribution in [0.1, 0.15) is 11.1 Å². The van der Waals surface area contributed by atoms with Crippen LogP contribution in [-0.2, 0) is 22.6 Å². The van der Waals surface area contributed by atoms with Crippen LogP contribution in [0.2, 0.25) is 0 Å². The maximum absolute atomic E-state index is 13.3. The average Bonchev–Trinajstić information content (AvgIpc) is 2.63. The van der Waals surface area contributed by atoms with Crippen molar-refractivity contribution in [3.63, 3.8) is 0 Å². The van der Waals surface area contributed by atoms with E-state index in [4.69, 9.17) is 5.73 Å².